The molecule has 0 radical (unpaired) electrons. The molecule has 1 atom stereocenters. The van der Waals surface area contributed by atoms with Crippen LogP contribution in [0, 0.1) is 6.92 Å². The molecule has 1 saturated heterocycles. The van der Waals surface area contributed by atoms with Crippen LogP contribution in [0.15, 0.2) is 85.3 Å². The van der Waals surface area contributed by atoms with Crippen molar-refractivity contribution >= 4 is 11.6 Å². The zero-order chi connectivity index (χ0) is 23.5. The smallest absolute Gasteiger partial charge is 0.244 e. The summed E-state index contributed by atoms with van der Waals surface area (Å²) in [6, 6.07) is 24.5. The van der Waals surface area contributed by atoms with E-state index >= 15 is 0 Å². The molecule has 0 saturated carbocycles. The Morgan fingerprint density at radius 3 is 2.50 bits per heavy atom. The molecule has 1 unspecified atom stereocenters. The van der Waals surface area contributed by atoms with Crippen LogP contribution < -0.4 is 15.0 Å². The fraction of sp³-hybridized carbons (Fsp3) is 0.214. The van der Waals surface area contributed by atoms with Gasteiger partial charge in [0.2, 0.25) is 5.91 Å². The van der Waals surface area contributed by atoms with E-state index in [4.69, 9.17) is 4.74 Å². The standard InChI is InChI=1S/C28H28N4O2/c1-20-18-31(19-30-20)26-13-12-24(16-27(26)34-2)32-15-14-25(28(32)33)29-17-21-8-10-23(11-9-21)22-6-4-3-5-7-22/h3-13,16,18-19,25,29H,14-15,17H2,1-2H3. The van der Waals surface area contributed by atoms with Gasteiger partial charge in [0.25, 0.3) is 0 Å². The highest BCUT2D eigenvalue weighted by atomic mass is 16.5. The highest BCUT2D eigenvalue weighted by Crippen LogP contribution is 2.31. The number of hydrogen-bond acceptors (Lipinski definition) is 4. The molecule has 2 heterocycles. The van der Waals surface area contributed by atoms with Crippen molar-refractivity contribution in [2.45, 2.75) is 25.9 Å². The van der Waals surface area contributed by atoms with Crippen LogP contribution in [0.5, 0.6) is 5.75 Å². The number of aromatic nitrogens is 2. The Kier molecular flexibility index (Phi) is 6.14. The largest absolute Gasteiger partial charge is 0.494 e. The molecule has 1 aromatic heterocycles. The van der Waals surface area contributed by atoms with Gasteiger partial charge in [-0.05, 0) is 42.2 Å². The maximum Gasteiger partial charge on any atom is 0.244 e. The summed E-state index contributed by atoms with van der Waals surface area (Å²) in [6.45, 7) is 3.28. The summed E-state index contributed by atoms with van der Waals surface area (Å²) in [5.74, 6) is 0.798. The Labute approximate surface area is 199 Å². The second-order valence-electron chi connectivity index (χ2n) is 8.55. The Balaban J connectivity index is 1.24. The van der Waals surface area contributed by atoms with Crippen molar-refractivity contribution in [3.8, 4) is 22.6 Å². The van der Waals surface area contributed by atoms with Crippen molar-refractivity contribution in [1.29, 1.82) is 0 Å². The number of nitrogens with zero attached hydrogens (tertiary/aromatic N) is 3. The van der Waals surface area contributed by atoms with E-state index < -0.39 is 0 Å². The molecule has 1 aliphatic heterocycles. The number of imidazole rings is 1. The Hall–Kier alpha value is -3.90. The first-order valence-electron chi connectivity index (χ1n) is 11.5. The van der Waals surface area contributed by atoms with Crippen molar-refractivity contribution in [3.05, 3.63) is 96.6 Å². The summed E-state index contributed by atoms with van der Waals surface area (Å²) in [6.07, 6.45) is 4.48. The molecule has 34 heavy (non-hydrogen) atoms. The molecule has 3 aromatic carbocycles. The van der Waals surface area contributed by atoms with Crippen molar-refractivity contribution in [3.63, 3.8) is 0 Å². The molecule has 1 fully saturated rings. The molecule has 5 rings (SSSR count). The number of aryl methyl sites for hydroxylation is 1. The Morgan fingerprint density at radius 1 is 1.03 bits per heavy atom. The molecule has 6 heteroatoms. The van der Waals surface area contributed by atoms with Crippen LogP contribution in [0.1, 0.15) is 17.7 Å². The molecule has 1 amide bonds. The first-order valence-corrected chi connectivity index (χ1v) is 11.5. The fourth-order valence-electron chi connectivity index (χ4n) is 4.41. The van der Waals surface area contributed by atoms with Gasteiger partial charge >= 0.3 is 0 Å². The van der Waals surface area contributed by atoms with Gasteiger partial charge in [0, 0.05) is 31.0 Å². The molecule has 1 N–H and O–H groups in total. The zero-order valence-electron chi connectivity index (χ0n) is 19.4. The summed E-state index contributed by atoms with van der Waals surface area (Å²) >= 11 is 0. The molecule has 0 spiro atoms. The number of amides is 1. The van der Waals surface area contributed by atoms with E-state index in [0.29, 0.717) is 18.8 Å². The number of ether oxygens (including phenoxy) is 1. The van der Waals surface area contributed by atoms with E-state index in [9.17, 15) is 4.79 Å². The van der Waals surface area contributed by atoms with E-state index in [1.165, 1.54) is 11.1 Å². The molecule has 4 aromatic rings. The van der Waals surface area contributed by atoms with Crippen LogP contribution >= 0.6 is 0 Å². The predicted molar refractivity (Wildman–Crippen MR) is 134 cm³/mol. The number of nitrogens with one attached hydrogen (secondary N) is 1. The number of methoxy groups -OCH3 is 1. The summed E-state index contributed by atoms with van der Waals surface area (Å²) in [7, 11) is 1.64. The monoisotopic (exact) mass is 452 g/mol. The average Bonchev–Trinajstić information content (AvgIpc) is 3.48. The summed E-state index contributed by atoms with van der Waals surface area (Å²) in [5.41, 5.74) is 6.23. The quantitative estimate of drug-likeness (QED) is 0.440. The number of benzene rings is 3. The number of hydrogen-bond donors (Lipinski definition) is 1. The molecular formula is C28H28N4O2. The first-order chi connectivity index (χ1) is 16.6. The molecular weight excluding hydrogens is 424 g/mol. The van der Waals surface area contributed by atoms with E-state index in [1.54, 1.807) is 13.4 Å². The predicted octanol–water partition coefficient (Wildman–Crippen LogP) is 4.75. The lowest BCUT2D eigenvalue weighted by molar-refractivity contribution is -0.118. The highest BCUT2D eigenvalue weighted by Gasteiger charge is 2.32. The summed E-state index contributed by atoms with van der Waals surface area (Å²) < 4.78 is 7.54. The third-order valence-electron chi connectivity index (χ3n) is 6.28. The average molecular weight is 453 g/mol. The zero-order valence-corrected chi connectivity index (χ0v) is 19.4. The van der Waals surface area contributed by atoms with Gasteiger partial charge < -0.3 is 19.5 Å². The first kappa shape index (κ1) is 21.9. The molecule has 0 bridgehead atoms. The van der Waals surface area contributed by atoms with Gasteiger partial charge in [0.1, 0.15) is 5.75 Å². The number of rotatable bonds is 7. The van der Waals surface area contributed by atoms with Crippen LogP contribution in [-0.2, 0) is 11.3 Å². The van der Waals surface area contributed by atoms with E-state index in [1.807, 2.05) is 59.0 Å². The van der Waals surface area contributed by atoms with Crippen LogP contribution in [0.3, 0.4) is 0 Å². The second-order valence-corrected chi connectivity index (χ2v) is 8.55. The number of carbonyl (C=O) groups excluding carboxylic acids is 1. The van der Waals surface area contributed by atoms with Crippen molar-refractivity contribution in [2.75, 3.05) is 18.6 Å². The Bertz CT molecular complexity index is 1280. The normalized spacial score (nSPS) is 15.6. The van der Waals surface area contributed by atoms with Crippen LogP contribution in [-0.4, -0.2) is 35.2 Å². The van der Waals surface area contributed by atoms with Crippen LogP contribution in [0.4, 0.5) is 5.69 Å². The lowest BCUT2D eigenvalue weighted by Gasteiger charge is -2.19. The van der Waals surface area contributed by atoms with Crippen LogP contribution in [0.25, 0.3) is 16.8 Å². The maximum atomic E-state index is 13.1. The van der Waals surface area contributed by atoms with Gasteiger partial charge in [-0.1, -0.05) is 54.6 Å². The molecule has 1 aliphatic rings. The van der Waals surface area contributed by atoms with E-state index in [2.05, 4.69) is 46.7 Å². The molecule has 6 nitrogen and oxygen atoms in total. The minimum Gasteiger partial charge on any atom is -0.494 e. The van der Waals surface area contributed by atoms with Crippen LogP contribution in [0.2, 0.25) is 0 Å². The number of anilines is 1. The van der Waals surface area contributed by atoms with Gasteiger partial charge in [-0.3, -0.25) is 4.79 Å². The lowest BCUT2D eigenvalue weighted by atomic mass is 10.0. The van der Waals surface area contributed by atoms with Gasteiger partial charge in [-0.25, -0.2) is 4.98 Å². The maximum absolute atomic E-state index is 13.1. The lowest BCUT2D eigenvalue weighted by Crippen LogP contribution is -2.38. The third kappa shape index (κ3) is 4.45. The Morgan fingerprint density at radius 2 is 1.79 bits per heavy atom. The van der Waals surface area contributed by atoms with E-state index in [0.717, 1.165) is 29.1 Å². The number of carbonyl (C=O) groups is 1. The minimum absolute atomic E-state index is 0.0918. The highest BCUT2D eigenvalue weighted by molar-refractivity contribution is 5.99. The van der Waals surface area contributed by atoms with Gasteiger partial charge in [0.05, 0.1) is 30.9 Å². The molecule has 0 aliphatic carbocycles. The van der Waals surface area contributed by atoms with Gasteiger partial charge in [-0.15, -0.1) is 0 Å². The fourth-order valence-corrected chi connectivity index (χ4v) is 4.41. The van der Waals surface area contributed by atoms with Crippen molar-refractivity contribution < 1.29 is 9.53 Å². The second kappa shape index (κ2) is 9.53. The SMILES string of the molecule is COc1cc(N2CCC(NCc3ccc(-c4ccccc4)cc3)C2=O)ccc1-n1cnc(C)c1. The minimum atomic E-state index is -0.198. The summed E-state index contributed by atoms with van der Waals surface area (Å²) in [4.78, 5) is 19.3. The topological polar surface area (TPSA) is 59.4 Å². The van der Waals surface area contributed by atoms with Gasteiger partial charge in [-0.2, -0.15) is 0 Å². The third-order valence-corrected chi connectivity index (χ3v) is 6.28. The summed E-state index contributed by atoms with van der Waals surface area (Å²) in [5, 5.41) is 3.44. The van der Waals surface area contributed by atoms with Gasteiger partial charge in [0.15, 0.2) is 0 Å². The van der Waals surface area contributed by atoms with E-state index in [-0.39, 0.29) is 11.9 Å². The molecule has 172 valence electrons. The van der Waals surface area contributed by atoms with Crippen molar-refractivity contribution in [2.24, 2.45) is 0 Å². The van der Waals surface area contributed by atoms with Crippen molar-refractivity contribution in [1.82, 2.24) is 14.9 Å².